The number of nitrogens with one attached hydrogen (secondary N) is 2. The van der Waals surface area contributed by atoms with Gasteiger partial charge < -0.3 is 10.6 Å². The minimum atomic E-state index is 0.0565. The summed E-state index contributed by atoms with van der Waals surface area (Å²) in [4.78, 5) is 11.8. The third-order valence-corrected chi connectivity index (χ3v) is 3.95. The second-order valence-electron chi connectivity index (χ2n) is 5.76. The molecular weight excluding hydrogens is 276 g/mol. The summed E-state index contributed by atoms with van der Waals surface area (Å²) in [5.74, 6) is 1.42. The fourth-order valence-corrected chi connectivity index (χ4v) is 2.41. The van der Waals surface area contributed by atoms with Gasteiger partial charge in [0.25, 0.3) is 0 Å². The van der Waals surface area contributed by atoms with E-state index < -0.39 is 0 Å². The molecule has 5 heteroatoms. The first kappa shape index (κ1) is 14.5. The minimum absolute atomic E-state index is 0.0565. The number of carbonyl (C=O) groups excluding carboxylic acids is 1. The van der Waals surface area contributed by atoms with Gasteiger partial charge in [-0.15, -0.1) is 10.2 Å². The molecule has 114 valence electrons. The average molecular weight is 296 g/mol. The highest BCUT2D eigenvalue weighted by Crippen LogP contribution is 2.27. The van der Waals surface area contributed by atoms with Crippen LogP contribution in [-0.2, 0) is 11.3 Å². The molecule has 1 aromatic heterocycles. The van der Waals surface area contributed by atoms with E-state index in [0.29, 0.717) is 18.2 Å². The Bertz CT molecular complexity index is 650. The van der Waals surface area contributed by atoms with Crippen LogP contribution in [0.25, 0.3) is 0 Å². The number of nitrogens with zero attached hydrogens (tertiary/aromatic N) is 2. The molecule has 3 rings (SSSR count). The van der Waals surface area contributed by atoms with Crippen LogP contribution in [0.4, 0.5) is 11.6 Å². The van der Waals surface area contributed by atoms with Crippen molar-refractivity contribution in [2.45, 2.75) is 32.7 Å². The Labute approximate surface area is 130 Å². The highest BCUT2D eigenvalue weighted by atomic mass is 16.2. The van der Waals surface area contributed by atoms with Gasteiger partial charge in [0.1, 0.15) is 5.82 Å². The normalized spacial score (nSPS) is 14.2. The molecule has 1 aliphatic carbocycles. The van der Waals surface area contributed by atoms with Crippen molar-refractivity contribution in [2.75, 3.05) is 10.6 Å². The number of rotatable bonds is 5. The molecule has 2 aromatic rings. The molecular formula is C17H20N4O. The van der Waals surface area contributed by atoms with Gasteiger partial charge in [-0.25, -0.2) is 0 Å². The summed E-state index contributed by atoms with van der Waals surface area (Å²) < 4.78 is 0. The number of carbonyl (C=O) groups is 1. The Morgan fingerprint density at radius 3 is 2.59 bits per heavy atom. The third-order valence-electron chi connectivity index (χ3n) is 3.95. The van der Waals surface area contributed by atoms with E-state index in [1.807, 2.05) is 12.1 Å². The Balaban J connectivity index is 1.53. The van der Waals surface area contributed by atoms with Crippen LogP contribution in [0, 0.1) is 12.8 Å². The summed E-state index contributed by atoms with van der Waals surface area (Å²) in [7, 11) is 0. The number of aromatic nitrogens is 2. The predicted octanol–water partition coefficient (Wildman–Crippen LogP) is 3.14. The number of benzene rings is 1. The van der Waals surface area contributed by atoms with Crippen molar-refractivity contribution in [3.8, 4) is 0 Å². The number of anilines is 2. The number of amides is 1. The van der Waals surface area contributed by atoms with Gasteiger partial charge in [-0.05, 0) is 37.5 Å². The lowest BCUT2D eigenvalue weighted by molar-refractivity contribution is -0.122. The zero-order valence-corrected chi connectivity index (χ0v) is 12.7. The molecule has 0 radical (unpaired) electrons. The van der Waals surface area contributed by atoms with Crippen molar-refractivity contribution >= 4 is 17.5 Å². The highest BCUT2D eigenvalue weighted by Gasteiger charge is 2.25. The van der Waals surface area contributed by atoms with Gasteiger partial charge in [0, 0.05) is 12.5 Å². The molecule has 1 aliphatic rings. The van der Waals surface area contributed by atoms with Gasteiger partial charge >= 0.3 is 0 Å². The number of hydrogen-bond acceptors (Lipinski definition) is 4. The zero-order chi connectivity index (χ0) is 15.4. The molecule has 1 heterocycles. The van der Waals surface area contributed by atoms with Crippen LogP contribution < -0.4 is 10.6 Å². The zero-order valence-electron chi connectivity index (χ0n) is 12.7. The Morgan fingerprint density at radius 1 is 1.18 bits per heavy atom. The van der Waals surface area contributed by atoms with E-state index in [1.165, 1.54) is 11.1 Å². The Hall–Kier alpha value is -2.43. The minimum Gasteiger partial charge on any atom is -0.365 e. The van der Waals surface area contributed by atoms with E-state index in [4.69, 9.17) is 0 Å². The standard InChI is InChI=1S/C17H20N4O/c1-12-4-2-5-13(10-12)11-18-15-8-9-16(21-20-15)19-17(22)14-6-3-7-14/h2,4-5,8-10,14H,3,6-7,11H2,1H3,(H,18,20)(H,19,21,22). The van der Waals surface area contributed by atoms with E-state index >= 15 is 0 Å². The number of hydrogen-bond donors (Lipinski definition) is 2. The lowest BCUT2D eigenvalue weighted by atomic mass is 9.85. The number of aryl methyl sites for hydroxylation is 1. The van der Waals surface area contributed by atoms with Crippen LogP contribution >= 0.6 is 0 Å². The average Bonchev–Trinajstić information content (AvgIpc) is 2.45. The van der Waals surface area contributed by atoms with Crippen molar-refractivity contribution in [2.24, 2.45) is 5.92 Å². The SMILES string of the molecule is Cc1cccc(CNc2ccc(NC(=O)C3CCC3)nn2)c1. The quantitative estimate of drug-likeness (QED) is 0.889. The summed E-state index contributed by atoms with van der Waals surface area (Å²) in [6.45, 7) is 2.77. The molecule has 1 aromatic carbocycles. The predicted molar refractivity (Wildman–Crippen MR) is 86.5 cm³/mol. The van der Waals surface area contributed by atoms with Crippen LogP contribution in [0.2, 0.25) is 0 Å². The molecule has 0 aliphatic heterocycles. The highest BCUT2D eigenvalue weighted by molar-refractivity contribution is 5.92. The van der Waals surface area contributed by atoms with Crippen LogP contribution in [-0.4, -0.2) is 16.1 Å². The maximum atomic E-state index is 11.8. The fourth-order valence-electron chi connectivity index (χ4n) is 2.41. The molecule has 0 saturated heterocycles. The van der Waals surface area contributed by atoms with Crippen LogP contribution in [0.3, 0.4) is 0 Å². The van der Waals surface area contributed by atoms with E-state index in [2.05, 4.69) is 46.0 Å². The van der Waals surface area contributed by atoms with Crippen molar-refractivity contribution in [1.82, 2.24) is 10.2 Å². The topological polar surface area (TPSA) is 66.9 Å². The van der Waals surface area contributed by atoms with E-state index in [1.54, 1.807) is 6.07 Å². The molecule has 5 nitrogen and oxygen atoms in total. The first-order chi connectivity index (χ1) is 10.7. The van der Waals surface area contributed by atoms with Gasteiger partial charge in [0.2, 0.25) is 5.91 Å². The second kappa shape index (κ2) is 6.56. The lowest BCUT2D eigenvalue weighted by Crippen LogP contribution is -2.28. The third kappa shape index (κ3) is 3.61. The molecule has 22 heavy (non-hydrogen) atoms. The molecule has 1 saturated carbocycles. The monoisotopic (exact) mass is 296 g/mol. The van der Waals surface area contributed by atoms with E-state index in [0.717, 1.165) is 19.3 Å². The van der Waals surface area contributed by atoms with Gasteiger partial charge in [-0.1, -0.05) is 36.2 Å². The van der Waals surface area contributed by atoms with Crippen molar-refractivity contribution < 1.29 is 4.79 Å². The first-order valence-electron chi connectivity index (χ1n) is 7.65. The molecule has 0 unspecified atom stereocenters. The molecule has 0 spiro atoms. The van der Waals surface area contributed by atoms with Crippen molar-refractivity contribution in [1.29, 1.82) is 0 Å². The Morgan fingerprint density at radius 2 is 1.95 bits per heavy atom. The van der Waals surface area contributed by atoms with Crippen molar-refractivity contribution in [3.05, 3.63) is 47.5 Å². The molecule has 2 N–H and O–H groups in total. The molecule has 0 atom stereocenters. The summed E-state index contributed by atoms with van der Waals surface area (Å²) >= 11 is 0. The van der Waals surface area contributed by atoms with Crippen molar-refractivity contribution in [3.63, 3.8) is 0 Å². The van der Waals surface area contributed by atoms with E-state index in [-0.39, 0.29) is 11.8 Å². The Kier molecular flexibility index (Phi) is 4.32. The van der Waals surface area contributed by atoms with Gasteiger partial charge in [0.05, 0.1) is 0 Å². The lowest BCUT2D eigenvalue weighted by Gasteiger charge is -2.23. The van der Waals surface area contributed by atoms with Gasteiger partial charge in [-0.2, -0.15) is 0 Å². The summed E-state index contributed by atoms with van der Waals surface area (Å²) in [5, 5.41) is 14.2. The summed E-state index contributed by atoms with van der Waals surface area (Å²) in [6.07, 6.45) is 3.11. The van der Waals surface area contributed by atoms with Gasteiger partial charge in [-0.3, -0.25) is 4.79 Å². The van der Waals surface area contributed by atoms with Crippen LogP contribution in [0.5, 0.6) is 0 Å². The molecule has 0 bridgehead atoms. The maximum Gasteiger partial charge on any atom is 0.228 e. The van der Waals surface area contributed by atoms with E-state index in [9.17, 15) is 4.79 Å². The maximum absolute atomic E-state index is 11.8. The second-order valence-corrected chi connectivity index (χ2v) is 5.76. The van der Waals surface area contributed by atoms with Crippen LogP contribution in [0.1, 0.15) is 30.4 Å². The summed E-state index contributed by atoms with van der Waals surface area (Å²) in [6, 6.07) is 11.9. The largest absolute Gasteiger partial charge is 0.365 e. The van der Waals surface area contributed by atoms with Crippen LogP contribution in [0.15, 0.2) is 36.4 Å². The smallest absolute Gasteiger partial charge is 0.228 e. The molecule has 1 fully saturated rings. The first-order valence-corrected chi connectivity index (χ1v) is 7.65. The van der Waals surface area contributed by atoms with Gasteiger partial charge in [0.15, 0.2) is 5.82 Å². The summed E-state index contributed by atoms with van der Waals surface area (Å²) in [5.41, 5.74) is 2.43. The fraction of sp³-hybridized carbons (Fsp3) is 0.353. The molecule has 1 amide bonds.